The van der Waals surface area contributed by atoms with Crippen LogP contribution >= 0.6 is 92.8 Å². The maximum atomic E-state index is 6.87. The predicted molar refractivity (Wildman–Crippen MR) is 340 cm³/mol. The minimum absolute atomic E-state index is 0.469. The van der Waals surface area contributed by atoms with Gasteiger partial charge in [0.05, 0.1) is 40.2 Å². The zero-order chi connectivity index (χ0) is 53.3. The summed E-state index contributed by atoms with van der Waals surface area (Å²) in [6.07, 6.45) is 0. The van der Waals surface area contributed by atoms with Crippen molar-refractivity contribution in [3.05, 3.63) is 271 Å². The molecule has 0 fully saturated rings. The molecule has 0 unspecified atom stereocenters. The molecule has 8 heteroatoms. The van der Waals surface area contributed by atoms with Crippen LogP contribution in [0.3, 0.4) is 0 Å². The molecule has 0 heterocycles. The van der Waals surface area contributed by atoms with Crippen LogP contribution in [0.25, 0.3) is 132 Å². The molecule has 374 valence electrons. The molecule has 0 aromatic heterocycles. The Morgan fingerprint density at radius 3 is 0.487 bits per heavy atom. The van der Waals surface area contributed by atoms with Gasteiger partial charge in [-0.2, -0.15) is 0 Å². The molecule has 0 aliphatic rings. The first-order chi connectivity index (χ1) is 37.9. The van der Waals surface area contributed by atoms with Gasteiger partial charge < -0.3 is 0 Å². The van der Waals surface area contributed by atoms with E-state index in [2.05, 4.69) is 170 Å². The van der Waals surface area contributed by atoms with Crippen molar-refractivity contribution in [2.45, 2.75) is 0 Å². The Hall–Kier alpha value is -6.78. The Labute approximate surface area is 491 Å². The molecule has 0 aliphatic heterocycles. The number of halogens is 8. The van der Waals surface area contributed by atoms with Crippen molar-refractivity contribution >= 4 is 136 Å². The van der Waals surface area contributed by atoms with Crippen LogP contribution in [0.5, 0.6) is 0 Å². The largest absolute Gasteiger partial charge is 0.0827 e. The van der Waals surface area contributed by atoms with Gasteiger partial charge in [-0.25, -0.2) is 0 Å². The third kappa shape index (κ3) is 9.29. The van der Waals surface area contributed by atoms with Crippen molar-refractivity contribution < 1.29 is 0 Å². The van der Waals surface area contributed by atoms with Crippen molar-refractivity contribution in [1.82, 2.24) is 0 Å². The second-order valence-corrected chi connectivity index (χ2v) is 22.7. The number of hydrogen-bond acceptors (Lipinski definition) is 0. The molecule has 78 heavy (non-hydrogen) atoms. The summed E-state index contributed by atoms with van der Waals surface area (Å²) in [7, 11) is 0. The molecule has 13 aromatic carbocycles. The summed E-state index contributed by atoms with van der Waals surface area (Å²) >= 11 is 54.2. The Morgan fingerprint density at radius 1 is 0.141 bits per heavy atom. The van der Waals surface area contributed by atoms with Gasteiger partial charge in [0, 0.05) is 0 Å². The van der Waals surface area contributed by atoms with Gasteiger partial charge in [-0.15, -0.1) is 0 Å². The topological polar surface area (TPSA) is 0 Å². The maximum absolute atomic E-state index is 6.87. The summed E-state index contributed by atoms with van der Waals surface area (Å²) in [4.78, 5) is 0. The van der Waals surface area contributed by atoms with Crippen molar-refractivity contribution in [2.24, 2.45) is 0 Å². The SMILES string of the molecule is Clc1cc2cc(-c3ccccc3)c(-c3ccccc3-c3cc4cc(Cl)c(Cl)cc4cc3-c3ccccc3-c3cc4cc(Cl)c(Cl)cc4cc3-c3ccccc3-c3cc4cc(Cl)c(Cl)cc4cc3-c3ccccc3)cc2cc1Cl. The molecule has 13 aromatic rings. The van der Waals surface area contributed by atoms with Crippen LogP contribution < -0.4 is 0 Å². The summed E-state index contributed by atoms with van der Waals surface area (Å²) in [5, 5.41) is 11.5. The highest BCUT2D eigenvalue weighted by molar-refractivity contribution is 6.45. The molecule has 13 rings (SSSR count). The summed E-state index contributed by atoms with van der Waals surface area (Å²) in [5.41, 5.74) is 16.4. The first-order valence-corrected chi connectivity index (χ1v) is 28.1. The Morgan fingerprint density at radius 2 is 0.295 bits per heavy atom. The van der Waals surface area contributed by atoms with E-state index in [1.807, 2.05) is 60.7 Å². The van der Waals surface area contributed by atoms with E-state index in [9.17, 15) is 0 Å². The predicted octanol–water partition coefficient (Wildman–Crippen LogP) is 24.9. The minimum atomic E-state index is 0.469. The van der Waals surface area contributed by atoms with E-state index in [1.165, 1.54) is 0 Å². The van der Waals surface area contributed by atoms with Gasteiger partial charge in [0.25, 0.3) is 0 Å². The molecule has 0 spiro atoms. The summed E-state index contributed by atoms with van der Waals surface area (Å²) in [6, 6.07) is 80.1. The van der Waals surface area contributed by atoms with Crippen molar-refractivity contribution in [3.8, 4) is 89.0 Å². The fourth-order valence-electron chi connectivity index (χ4n) is 11.1. The first kappa shape index (κ1) is 50.7. The molecule has 0 saturated carbocycles. The second-order valence-electron chi connectivity index (χ2n) is 19.4. The van der Waals surface area contributed by atoms with Crippen molar-refractivity contribution in [1.29, 1.82) is 0 Å². The van der Waals surface area contributed by atoms with Crippen LogP contribution in [-0.2, 0) is 0 Å². The van der Waals surface area contributed by atoms with Gasteiger partial charge >= 0.3 is 0 Å². The highest BCUT2D eigenvalue weighted by Gasteiger charge is 2.24. The lowest BCUT2D eigenvalue weighted by Gasteiger charge is -2.22. The summed E-state index contributed by atoms with van der Waals surface area (Å²) < 4.78 is 0. The molecular formula is C70H38Cl8. The molecule has 0 bridgehead atoms. The Bertz CT molecular complexity index is 4290. The van der Waals surface area contributed by atoms with E-state index >= 15 is 0 Å². The molecule has 0 saturated heterocycles. The van der Waals surface area contributed by atoms with Gasteiger partial charge in [-0.05, 0) is 229 Å². The lowest BCUT2D eigenvalue weighted by atomic mass is 9.81. The van der Waals surface area contributed by atoms with Gasteiger partial charge in [0.2, 0.25) is 0 Å². The number of benzene rings is 13. The third-order valence-electron chi connectivity index (χ3n) is 14.8. The minimum Gasteiger partial charge on any atom is -0.0827 e. The van der Waals surface area contributed by atoms with E-state index in [0.29, 0.717) is 40.2 Å². The third-order valence-corrected chi connectivity index (χ3v) is 17.6. The van der Waals surface area contributed by atoms with Crippen LogP contribution in [0, 0.1) is 0 Å². The van der Waals surface area contributed by atoms with Crippen LogP contribution in [0.4, 0.5) is 0 Å². The zero-order valence-corrected chi connectivity index (χ0v) is 47.0. The van der Waals surface area contributed by atoms with Crippen LogP contribution in [-0.4, -0.2) is 0 Å². The van der Waals surface area contributed by atoms with Crippen molar-refractivity contribution in [3.63, 3.8) is 0 Å². The molecular weight excluding hydrogens is 1120 g/mol. The first-order valence-electron chi connectivity index (χ1n) is 25.1. The van der Waals surface area contributed by atoms with Crippen molar-refractivity contribution in [2.75, 3.05) is 0 Å². The second kappa shape index (κ2) is 20.8. The quantitative estimate of drug-likeness (QED) is 0.142. The van der Waals surface area contributed by atoms with E-state index in [0.717, 1.165) is 132 Å². The lowest BCUT2D eigenvalue weighted by molar-refractivity contribution is 1.56. The fourth-order valence-corrected chi connectivity index (χ4v) is 12.5. The summed E-state index contributed by atoms with van der Waals surface area (Å²) in [6.45, 7) is 0. The monoisotopic (exact) mass is 1160 g/mol. The molecule has 0 radical (unpaired) electrons. The smallest absolute Gasteiger partial charge is 0.0598 e. The van der Waals surface area contributed by atoms with Gasteiger partial charge in [0.15, 0.2) is 0 Å². The average Bonchev–Trinajstić information content (AvgIpc) is 3.52. The standard InChI is InChI=1S/C70H38Cl8/c71-63-31-41-23-55(39-13-3-1-4-14-39)57(25-43(41)33-65(63)73)49-17-7-9-19-51(49)59-27-45-35-67(75)69(77)37-47(45)29-61(59)53-21-11-12-22-54(53)62-30-48-38-70(78)68(76)36-46(48)28-60(62)52-20-10-8-18-50(52)58-26-44-34-66(74)64(72)32-42(44)24-56(58)40-15-5-2-6-16-40/h1-38H. The van der Waals surface area contributed by atoms with Crippen LogP contribution in [0.15, 0.2) is 231 Å². The highest BCUT2D eigenvalue weighted by atomic mass is 35.5. The normalized spacial score (nSPS) is 11.6. The molecule has 0 nitrogen and oxygen atoms in total. The fraction of sp³-hybridized carbons (Fsp3) is 0. The Kier molecular flexibility index (Phi) is 13.5. The van der Waals surface area contributed by atoms with Gasteiger partial charge in [0.1, 0.15) is 0 Å². The zero-order valence-electron chi connectivity index (χ0n) is 41.0. The van der Waals surface area contributed by atoms with Gasteiger partial charge in [-0.3, -0.25) is 0 Å². The number of hydrogen-bond donors (Lipinski definition) is 0. The Balaban J connectivity index is 1.09. The molecule has 0 amide bonds. The average molecular weight is 1160 g/mol. The maximum Gasteiger partial charge on any atom is 0.0598 e. The van der Waals surface area contributed by atoms with E-state index < -0.39 is 0 Å². The number of rotatable bonds is 8. The molecule has 0 atom stereocenters. The van der Waals surface area contributed by atoms with E-state index in [1.54, 1.807) is 0 Å². The highest BCUT2D eigenvalue weighted by Crippen LogP contribution is 2.51. The van der Waals surface area contributed by atoms with Gasteiger partial charge in [-0.1, -0.05) is 226 Å². The van der Waals surface area contributed by atoms with Crippen LogP contribution in [0.2, 0.25) is 40.2 Å². The van der Waals surface area contributed by atoms with E-state index in [4.69, 9.17) is 92.8 Å². The lowest BCUT2D eigenvalue weighted by Crippen LogP contribution is -1.96. The summed E-state index contributed by atoms with van der Waals surface area (Å²) in [5.74, 6) is 0. The van der Waals surface area contributed by atoms with E-state index in [-0.39, 0.29) is 0 Å². The van der Waals surface area contributed by atoms with Crippen LogP contribution in [0.1, 0.15) is 0 Å². The number of fused-ring (bicyclic) bond motifs is 4. The molecule has 0 N–H and O–H groups in total. The molecule has 0 aliphatic carbocycles.